The van der Waals surface area contributed by atoms with Crippen LogP contribution in [0.1, 0.15) is 177 Å². The van der Waals surface area contributed by atoms with Crippen molar-refractivity contribution >= 4 is 46.6 Å². The molecule has 0 unspecified atom stereocenters. The number of hydrogen-bond donors (Lipinski definition) is 1. The van der Waals surface area contributed by atoms with Crippen LogP contribution < -0.4 is 21.1 Å². The summed E-state index contributed by atoms with van der Waals surface area (Å²) in [7, 11) is 0.853. The van der Waals surface area contributed by atoms with Crippen LogP contribution in [0.5, 0.6) is 0 Å². The van der Waals surface area contributed by atoms with Gasteiger partial charge in [0, 0.05) is 34.0 Å². The number of fused-ring (bicyclic) bond motifs is 5. The molecule has 0 amide bonds. The normalized spacial score (nSPS) is 19.1. The monoisotopic (exact) mass is 961 g/mol. The van der Waals surface area contributed by atoms with Gasteiger partial charge in [0.05, 0.1) is 0 Å². The van der Waals surface area contributed by atoms with E-state index in [2.05, 4.69) is 236 Å². The van der Waals surface area contributed by atoms with Gasteiger partial charge in [-0.05, 0) is 231 Å². The average Bonchev–Trinajstić information content (AvgIpc) is 3.32. The van der Waals surface area contributed by atoms with Crippen molar-refractivity contribution in [1.82, 2.24) is 0 Å². The van der Waals surface area contributed by atoms with Crippen LogP contribution in [0.15, 0.2) is 115 Å². The highest BCUT2D eigenvalue weighted by Gasteiger charge is 2.43. The van der Waals surface area contributed by atoms with Crippen molar-refractivity contribution in [3.05, 3.63) is 171 Å². The minimum Gasteiger partial charge on any atom is -0.355 e. The van der Waals surface area contributed by atoms with Crippen molar-refractivity contribution in [3.8, 4) is 33.4 Å². The van der Waals surface area contributed by atoms with Crippen LogP contribution in [0.4, 0.5) is 28.4 Å². The third-order valence-electron chi connectivity index (χ3n) is 19.1. The Morgan fingerprint density at radius 1 is 0.397 bits per heavy atom. The molecule has 7 aromatic rings. The summed E-state index contributed by atoms with van der Waals surface area (Å²) in [5, 5.41) is 4.13. The lowest BCUT2D eigenvalue weighted by Gasteiger charge is -2.46. The van der Waals surface area contributed by atoms with Gasteiger partial charge in [0.2, 0.25) is 0 Å². The van der Waals surface area contributed by atoms with Crippen LogP contribution in [-0.2, 0) is 32.5 Å². The third-order valence-corrected chi connectivity index (χ3v) is 19.1. The first-order valence-electron chi connectivity index (χ1n) is 27.8. The zero-order valence-electron chi connectivity index (χ0n) is 47.4. The Morgan fingerprint density at radius 2 is 0.863 bits per heavy atom. The summed E-state index contributed by atoms with van der Waals surface area (Å²) in [5.41, 5.74) is 31.4. The molecule has 0 fully saturated rings. The van der Waals surface area contributed by atoms with Gasteiger partial charge in [0.15, 0.2) is 7.28 Å². The number of nitrogens with one attached hydrogen (secondary N) is 1. The van der Waals surface area contributed by atoms with Gasteiger partial charge in [-0.2, -0.15) is 0 Å². The molecular formula is C70H81BN2. The second-order valence-electron chi connectivity index (χ2n) is 27.3. The second kappa shape index (κ2) is 16.9. The maximum Gasteiger partial charge on any atom is 0.198 e. The van der Waals surface area contributed by atoms with E-state index in [4.69, 9.17) is 0 Å². The summed E-state index contributed by atoms with van der Waals surface area (Å²) in [6.45, 7) is 39.1. The molecule has 1 N–H and O–H groups in total. The fraction of sp³-hybridized carbons (Fsp3) is 0.400. The van der Waals surface area contributed by atoms with Gasteiger partial charge in [-0.15, -0.1) is 0 Å². The summed E-state index contributed by atoms with van der Waals surface area (Å²) < 4.78 is 0. The van der Waals surface area contributed by atoms with Crippen LogP contribution in [0.2, 0.25) is 0 Å². The predicted octanol–water partition coefficient (Wildman–Crippen LogP) is 17.9. The quantitative estimate of drug-likeness (QED) is 0.167. The van der Waals surface area contributed by atoms with Crippen molar-refractivity contribution in [2.75, 3.05) is 10.2 Å². The number of anilines is 5. The van der Waals surface area contributed by atoms with Crippen molar-refractivity contribution < 1.29 is 0 Å². The minimum absolute atomic E-state index is 0.0220. The lowest BCUT2D eigenvalue weighted by molar-refractivity contribution is 0.331. The van der Waals surface area contributed by atoms with Crippen molar-refractivity contribution in [2.45, 2.75) is 182 Å². The molecule has 3 aliphatic carbocycles. The molecule has 0 spiro atoms. The molecule has 0 aromatic heterocycles. The van der Waals surface area contributed by atoms with E-state index >= 15 is 0 Å². The Bertz CT molecular complexity index is 3330. The van der Waals surface area contributed by atoms with E-state index in [9.17, 15) is 0 Å². The predicted molar refractivity (Wildman–Crippen MR) is 318 cm³/mol. The first-order valence-corrected chi connectivity index (χ1v) is 27.8. The van der Waals surface area contributed by atoms with Gasteiger partial charge in [-0.1, -0.05) is 161 Å². The van der Waals surface area contributed by atoms with Gasteiger partial charge >= 0.3 is 0 Å². The number of rotatable bonds is 6. The Kier molecular flexibility index (Phi) is 11.4. The van der Waals surface area contributed by atoms with E-state index in [1.807, 2.05) is 0 Å². The first-order chi connectivity index (χ1) is 34.2. The summed E-state index contributed by atoms with van der Waals surface area (Å²) in [4.78, 5) is 2.76. The molecule has 374 valence electrons. The van der Waals surface area contributed by atoms with E-state index in [1.54, 1.807) is 0 Å². The second-order valence-corrected chi connectivity index (χ2v) is 27.3. The van der Waals surface area contributed by atoms with Gasteiger partial charge in [0.1, 0.15) is 0 Å². The average molecular weight is 961 g/mol. The fourth-order valence-corrected chi connectivity index (χ4v) is 14.1. The number of benzene rings is 7. The van der Waals surface area contributed by atoms with Gasteiger partial charge < -0.3 is 10.2 Å². The number of aryl methyl sites for hydroxylation is 4. The topological polar surface area (TPSA) is 15.3 Å². The molecular weight excluding hydrogens is 880 g/mol. The lowest BCUT2D eigenvalue weighted by atomic mass is 9.54. The third kappa shape index (κ3) is 8.31. The molecule has 4 aliphatic rings. The van der Waals surface area contributed by atoms with Crippen LogP contribution in [-0.4, -0.2) is 7.28 Å². The highest BCUT2D eigenvalue weighted by Crippen LogP contribution is 2.54. The van der Waals surface area contributed by atoms with E-state index in [1.165, 1.54) is 148 Å². The van der Waals surface area contributed by atoms with E-state index in [0.717, 1.165) is 25.8 Å². The lowest BCUT2D eigenvalue weighted by Crippen LogP contribution is -2.44. The maximum absolute atomic E-state index is 4.13. The largest absolute Gasteiger partial charge is 0.355 e. The minimum atomic E-state index is 0.0220. The molecule has 3 heteroatoms. The Hall–Kier alpha value is -5.80. The van der Waals surface area contributed by atoms with Crippen molar-refractivity contribution in [2.24, 2.45) is 0 Å². The molecule has 73 heavy (non-hydrogen) atoms. The van der Waals surface area contributed by atoms with Gasteiger partial charge in [0.25, 0.3) is 0 Å². The first kappa shape index (κ1) is 49.4. The fourth-order valence-electron chi connectivity index (χ4n) is 14.1. The Balaban J connectivity index is 1.24. The van der Waals surface area contributed by atoms with Gasteiger partial charge in [-0.25, -0.2) is 0 Å². The van der Waals surface area contributed by atoms with Crippen molar-refractivity contribution in [3.63, 3.8) is 0 Å². The molecule has 0 bridgehead atoms. The summed E-state index contributed by atoms with van der Waals surface area (Å²) in [6, 6.07) is 45.6. The van der Waals surface area contributed by atoms with Crippen LogP contribution in [0.3, 0.4) is 0 Å². The van der Waals surface area contributed by atoms with Gasteiger partial charge in [-0.3, -0.25) is 0 Å². The molecule has 2 nitrogen and oxygen atoms in total. The highest BCUT2D eigenvalue weighted by atomic mass is 15.2. The highest BCUT2D eigenvalue weighted by molar-refractivity contribution is 6.73. The van der Waals surface area contributed by atoms with Crippen LogP contribution in [0.25, 0.3) is 33.4 Å². The molecule has 0 saturated carbocycles. The number of hydrogen-bond acceptors (Lipinski definition) is 2. The Labute approximate surface area is 440 Å². The van der Waals surface area contributed by atoms with Crippen LogP contribution >= 0.6 is 0 Å². The van der Waals surface area contributed by atoms with E-state index in [-0.39, 0.29) is 32.5 Å². The molecule has 1 heterocycles. The molecule has 0 atom stereocenters. The zero-order valence-corrected chi connectivity index (χ0v) is 47.4. The standard InChI is InChI=1S/C70H81BN2/c1-42-32-44(3)63(45(4)33-42)48-35-51(50-37-53-55(68(11,12)29-27-66(53,7)8)39-59(50)72-49-24-22-47(23-25-49)46-20-18-17-19-21-46)64-62(36-48)73(60-40-56-52(34-43(60)2)65(5,6)26-30-69(56,13)14)61-41-57-54(38-58(61)71-64)67(9,10)28-31-70(57,15)16/h17-25,32-41,71-72H,26-31H2,1-16H3. The Morgan fingerprint density at radius 3 is 1.41 bits per heavy atom. The van der Waals surface area contributed by atoms with Crippen LogP contribution in [0, 0.1) is 27.7 Å². The van der Waals surface area contributed by atoms with E-state index < -0.39 is 0 Å². The smallest absolute Gasteiger partial charge is 0.198 e. The molecule has 1 aliphatic heterocycles. The SMILES string of the molecule is Cc1cc(C)c(-c2cc(-c3cc4c(cc3Nc3ccc(-c5ccccc5)cc3)C(C)(C)CCC4(C)C)c3c(c2)N(c2cc4c(cc2C)C(C)(C)CCC4(C)C)c2cc4c(cc2B3)C(C)(C)CCC4(C)C)c(C)c1. The van der Waals surface area contributed by atoms with E-state index in [0.29, 0.717) is 0 Å². The summed E-state index contributed by atoms with van der Waals surface area (Å²) in [5.74, 6) is 0. The molecule has 7 aromatic carbocycles. The maximum atomic E-state index is 4.13. The number of nitrogens with zero attached hydrogens (tertiary/aromatic N) is 1. The molecule has 0 radical (unpaired) electrons. The molecule has 0 saturated heterocycles. The van der Waals surface area contributed by atoms with Crippen molar-refractivity contribution in [1.29, 1.82) is 0 Å². The zero-order chi connectivity index (χ0) is 51.9. The summed E-state index contributed by atoms with van der Waals surface area (Å²) >= 11 is 0. The molecule has 11 rings (SSSR count). The summed E-state index contributed by atoms with van der Waals surface area (Å²) in [6.07, 6.45) is 7.06.